The minimum absolute atomic E-state index is 0.222. The van der Waals surface area contributed by atoms with Gasteiger partial charge >= 0.3 is 24.1 Å². The van der Waals surface area contributed by atoms with Crippen molar-refractivity contribution < 1.29 is 52.3 Å². The van der Waals surface area contributed by atoms with Gasteiger partial charge in [0.25, 0.3) is 0 Å². The number of methoxy groups -OCH3 is 2. The molecule has 0 aliphatic rings. The first-order valence-corrected chi connectivity index (χ1v) is 25.7. The summed E-state index contributed by atoms with van der Waals surface area (Å²) < 4.78 is 42.3. The molecular weight excluding hydrogens is 1070 g/mol. The van der Waals surface area contributed by atoms with Crippen LogP contribution in [0.25, 0.3) is 88.8 Å². The molecule has 0 saturated heterocycles. The molecule has 17 heteroatoms. The van der Waals surface area contributed by atoms with Gasteiger partial charge in [-0.05, 0) is 115 Å². The lowest BCUT2D eigenvalue weighted by Crippen LogP contribution is -2.21. The number of aromatic nitrogens is 2. The van der Waals surface area contributed by atoms with Gasteiger partial charge in [-0.1, -0.05) is 121 Å². The lowest BCUT2D eigenvalue weighted by molar-refractivity contribution is -0.192. The number of hydrogen-bond acceptors (Lipinski definition) is 9. The number of thiazole rings is 2. The smallest absolute Gasteiger partial charge is 0.490 e. The van der Waals surface area contributed by atoms with Gasteiger partial charge < -0.3 is 24.8 Å². The van der Waals surface area contributed by atoms with E-state index in [1.807, 2.05) is 98.8 Å². The Kier molecular flexibility index (Phi) is 22.7. The van der Waals surface area contributed by atoms with Gasteiger partial charge in [0.05, 0.1) is 35.4 Å². The van der Waals surface area contributed by atoms with Crippen molar-refractivity contribution in [1.29, 1.82) is 0 Å². The minimum atomic E-state index is -5.08. The largest absolute Gasteiger partial charge is 0.497 e. The summed E-state index contributed by atoms with van der Waals surface area (Å²) >= 11 is 13.4. The zero-order chi connectivity index (χ0) is 56.1. The molecule has 3 N–H and O–H groups in total. The molecule has 0 saturated carbocycles. The summed E-state index contributed by atoms with van der Waals surface area (Å²) in [6, 6.07) is 48.2. The van der Waals surface area contributed by atoms with Gasteiger partial charge in [0, 0.05) is 34.4 Å². The Bertz CT molecular complexity index is 3150. The van der Waals surface area contributed by atoms with Crippen LogP contribution in [0, 0.1) is 0 Å². The molecule has 0 aliphatic heterocycles. The molecule has 0 aliphatic carbocycles. The maximum Gasteiger partial charge on any atom is 0.490 e. The van der Waals surface area contributed by atoms with Gasteiger partial charge in [0.1, 0.15) is 26.4 Å². The molecule has 2 aromatic heterocycles. The second-order valence-electron chi connectivity index (χ2n) is 16.0. The van der Waals surface area contributed by atoms with E-state index in [4.69, 9.17) is 62.8 Å². The lowest BCUT2D eigenvalue weighted by Gasteiger charge is -2.04. The predicted molar refractivity (Wildman–Crippen MR) is 308 cm³/mol. The van der Waals surface area contributed by atoms with E-state index in [2.05, 4.69) is 85.0 Å². The van der Waals surface area contributed by atoms with Crippen molar-refractivity contribution in [3.05, 3.63) is 192 Å². The highest BCUT2D eigenvalue weighted by molar-refractivity contribution is 7.19. The SMILES string of the molecule is C/C=C/c1ccc(-c2nc(-c3ccc(OC)cc3)sc2-c2ccc(/C=C/C)cc2)cc1.CC(Cl)Cl.COc1ccc(-c2nc(-c3ccc(/C=C/C(=O)O)cc3)c(-c3ccc(/C=C/C(=O)O)cc3)s2)cc1.O=C(O)C(F)(F)F. The van der Waals surface area contributed by atoms with Crippen molar-refractivity contribution in [2.45, 2.75) is 31.8 Å². The van der Waals surface area contributed by atoms with E-state index < -0.39 is 24.1 Å². The van der Waals surface area contributed by atoms with Crippen molar-refractivity contribution in [2.24, 2.45) is 0 Å². The molecule has 0 fully saturated rings. The van der Waals surface area contributed by atoms with E-state index in [9.17, 15) is 22.8 Å². The minimum Gasteiger partial charge on any atom is -0.497 e. The molecule has 0 bridgehead atoms. The van der Waals surface area contributed by atoms with Crippen molar-refractivity contribution in [3.63, 3.8) is 0 Å². The summed E-state index contributed by atoms with van der Waals surface area (Å²) in [4.78, 5) is 42.4. The number of hydrogen-bond donors (Lipinski definition) is 3. The van der Waals surface area contributed by atoms with Crippen LogP contribution in [0.15, 0.2) is 170 Å². The first kappa shape index (κ1) is 59.8. The molecule has 0 spiro atoms. The number of ether oxygens (including phenoxy) is 2. The molecule has 0 amide bonds. The Balaban J connectivity index is 0.000000239. The molecule has 10 nitrogen and oxygen atoms in total. The van der Waals surface area contributed by atoms with Crippen molar-refractivity contribution in [3.8, 4) is 76.0 Å². The normalized spacial score (nSPS) is 11.2. The highest BCUT2D eigenvalue weighted by Gasteiger charge is 2.38. The quantitative estimate of drug-likeness (QED) is 0.0707. The lowest BCUT2D eigenvalue weighted by atomic mass is 10.0. The Hall–Kier alpha value is -8.08. The molecule has 77 heavy (non-hydrogen) atoms. The molecule has 0 unspecified atom stereocenters. The van der Waals surface area contributed by atoms with Crippen LogP contribution in [0.4, 0.5) is 13.2 Å². The monoisotopic (exact) mass is 1120 g/mol. The second kappa shape index (κ2) is 29.3. The molecule has 8 aromatic rings. The van der Waals surface area contributed by atoms with Gasteiger partial charge in [-0.3, -0.25) is 0 Å². The second-order valence-corrected chi connectivity index (χ2v) is 19.5. The van der Waals surface area contributed by atoms with Crippen molar-refractivity contribution in [1.82, 2.24) is 9.97 Å². The summed E-state index contributed by atoms with van der Waals surface area (Å²) in [7, 11) is 3.31. The zero-order valence-corrected chi connectivity index (χ0v) is 45.2. The summed E-state index contributed by atoms with van der Waals surface area (Å²) in [5, 5.41) is 26.7. The summed E-state index contributed by atoms with van der Waals surface area (Å²) in [6.45, 7) is 5.77. The summed E-state index contributed by atoms with van der Waals surface area (Å²) in [5.41, 5.74) is 12.0. The summed E-state index contributed by atoms with van der Waals surface area (Å²) in [6.07, 6.45) is 8.54. The Morgan fingerprint density at radius 2 is 0.753 bits per heavy atom. The van der Waals surface area contributed by atoms with Gasteiger partial charge in [-0.25, -0.2) is 24.4 Å². The van der Waals surface area contributed by atoms with Crippen LogP contribution in [0.3, 0.4) is 0 Å². The van der Waals surface area contributed by atoms with Crippen LogP contribution in [0.2, 0.25) is 0 Å². The third-order valence-electron chi connectivity index (χ3n) is 10.4. The fourth-order valence-electron chi connectivity index (χ4n) is 6.85. The van der Waals surface area contributed by atoms with E-state index in [1.165, 1.54) is 21.6 Å². The fourth-order valence-corrected chi connectivity index (χ4v) is 9.05. The Morgan fingerprint density at radius 1 is 0.494 bits per heavy atom. The molecule has 0 radical (unpaired) electrons. The molecule has 8 rings (SSSR count). The molecular formula is C60H51Cl2F3N2O8S2. The van der Waals surface area contributed by atoms with Gasteiger partial charge in [0.2, 0.25) is 0 Å². The molecule has 0 atom stereocenters. The van der Waals surface area contributed by atoms with E-state index in [0.717, 1.165) is 88.9 Å². The number of aliphatic carboxylic acids is 3. The van der Waals surface area contributed by atoms with E-state index >= 15 is 0 Å². The van der Waals surface area contributed by atoms with Gasteiger partial charge in [0.15, 0.2) is 0 Å². The zero-order valence-electron chi connectivity index (χ0n) is 42.0. The number of allylic oxidation sites excluding steroid dienone is 2. The number of benzene rings is 6. The standard InChI is InChI=1S/C28H21NO5S.C28H25NOS.C2H4Cl2.C2HF3O2/c1-34-23-14-12-22(13-15-23)28-29-26(20-8-2-18(3-9-20)6-16-24(30)31)27(35-28)21-10-4-19(5-11-21)7-17-25(32)33;1-4-6-20-8-12-22(13-9-20)26-27(23-14-10-21(7-5-2)11-15-23)31-28(29-26)24-16-18-25(30-3)19-17-24;1-2(3)4;3-2(4,5)1(6)7/h2-17H,1H3,(H,30,31)(H,32,33);4-19H,1-3H3;2H,1H3;(H,6,7)/b16-6+,17-7+;6-4+,7-5+;;. The first-order valence-electron chi connectivity index (χ1n) is 23.2. The van der Waals surface area contributed by atoms with Crippen LogP contribution < -0.4 is 9.47 Å². The van der Waals surface area contributed by atoms with Crippen LogP contribution in [-0.4, -0.2) is 68.4 Å². The number of halogens is 5. The highest BCUT2D eigenvalue weighted by Crippen LogP contribution is 2.43. The highest BCUT2D eigenvalue weighted by atomic mass is 35.5. The molecule has 6 aromatic carbocycles. The number of rotatable bonds is 14. The van der Waals surface area contributed by atoms with Gasteiger partial charge in [-0.2, -0.15) is 13.2 Å². The number of alkyl halides is 5. The van der Waals surface area contributed by atoms with Gasteiger partial charge in [-0.15, -0.1) is 45.9 Å². The predicted octanol–water partition coefficient (Wildman–Crippen LogP) is 17.0. The third kappa shape index (κ3) is 18.6. The molecule has 2 heterocycles. The number of nitrogens with zero attached hydrogens (tertiary/aromatic N) is 2. The summed E-state index contributed by atoms with van der Waals surface area (Å²) in [5.74, 6) is -3.14. The number of carbonyl (C=O) groups is 3. The van der Waals surface area contributed by atoms with Crippen LogP contribution >= 0.6 is 45.9 Å². The van der Waals surface area contributed by atoms with Crippen molar-refractivity contribution >= 4 is 88.1 Å². The Morgan fingerprint density at radius 3 is 1.00 bits per heavy atom. The van der Waals surface area contributed by atoms with Crippen LogP contribution in [0.1, 0.15) is 43.0 Å². The van der Waals surface area contributed by atoms with E-state index in [-0.39, 0.29) is 4.84 Å². The topological polar surface area (TPSA) is 156 Å². The maximum absolute atomic E-state index is 10.8. The Labute approximate surface area is 462 Å². The molecule has 396 valence electrons. The fraction of sp³-hybridized carbons (Fsp3) is 0.117. The van der Waals surface area contributed by atoms with Crippen LogP contribution in [-0.2, 0) is 14.4 Å². The average Bonchev–Trinajstić information content (AvgIpc) is 4.09. The number of carboxylic acids is 3. The van der Waals surface area contributed by atoms with Crippen LogP contribution in [0.5, 0.6) is 11.5 Å². The first-order chi connectivity index (χ1) is 36.8. The number of carboxylic acid groups (broad SMARTS) is 3. The van der Waals surface area contributed by atoms with E-state index in [0.29, 0.717) is 0 Å². The average molecular weight is 1120 g/mol. The third-order valence-corrected chi connectivity index (χ3v) is 12.7. The van der Waals surface area contributed by atoms with Crippen molar-refractivity contribution in [2.75, 3.05) is 14.2 Å². The van der Waals surface area contributed by atoms with E-state index in [1.54, 1.807) is 56.0 Å². The maximum atomic E-state index is 10.8.